The minimum absolute atomic E-state index is 0.0194. The van der Waals surface area contributed by atoms with Gasteiger partial charge in [0.1, 0.15) is 34.4 Å². The van der Waals surface area contributed by atoms with Gasteiger partial charge in [-0.25, -0.2) is 9.36 Å². The Morgan fingerprint density at radius 3 is 1.20 bits per heavy atom. The molecule has 3 aliphatic carbocycles. The third-order valence-corrected chi connectivity index (χ3v) is 16.8. The summed E-state index contributed by atoms with van der Waals surface area (Å²) < 4.78 is 15.0. The largest absolute Gasteiger partial charge is 0.476 e. The quantitative estimate of drug-likeness (QED) is 0.0109. The number of aryl methyl sites for hydroxylation is 3. The third kappa shape index (κ3) is 19.1. The van der Waals surface area contributed by atoms with E-state index in [1.165, 1.54) is 32.9 Å². The molecule has 0 bridgehead atoms. The fourth-order valence-electron chi connectivity index (χ4n) is 9.13. The highest BCUT2D eigenvalue weighted by Crippen LogP contribution is 2.34. The summed E-state index contributed by atoms with van der Waals surface area (Å²) in [6.45, 7) is 12.0. The van der Waals surface area contributed by atoms with Crippen LogP contribution in [0.5, 0.6) is 11.8 Å². The lowest BCUT2D eigenvalue weighted by atomic mass is 10.1. The number of Topliss-reactive ketones (excluding diaryl/α,β-unsaturated/α-hetero) is 1. The highest BCUT2D eigenvalue weighted by atomic mass is 32.2. The molecule has 8 aromatic rings. The molecular weight excluding hydrogens is 1230 g/mol. The zero-order valence-corrected chi connectivity index (χ0v) is 55.6. The number of hydrazine groups is 1. The molecule has 94 heavy (non-hydrogen) atoms. The summed E-state index contributed by atoms with van der Waals surface area (Å²) in [6, 6.07) is 45.7. The molecule has 23 heteroatoms. The molecular formula is C71H80N12O9S2. The van der Waals surface area contributed by atoms with Crippen molar-refractivity contribution in [1.29, 1.82) is 5.26 Å². The lowest BCUT2D eigenvalue weighted by molar-refractivity contribution is 0.0942. The molecule has 2 heterocycles. The van der Waals surface area contributed by atoms with E-state index < -0.39 is 0 Å². The van der Waals surface area contributed by atoms with Gasteiger partial charge in [0.15, 0.2) is 0 Å². The average molecular weight is 1310 g/mol. The summed E-state index contributed by atoms with van der Waals surface area (Å²) in [4.78, 5) is 74.9. The molecule has 3 saturated carbocycles. The molecule has 3 aliphatic rings. The van der Waals surface area contributed by atoms with Gasteiger partial charge in [-0.15, -0.1) is 33.7 Å². The van der Waals surface area contributed by atoms with Gasteiger partial charge < -0.3 is 47.4 Å². The number of nitrogens with one attached hydrogen (secondary N) is 4. The van der Waals surface area contributed by atoms with Gasteiger partial charge in [-0.05, 0) is 146 Å². The number of ketones is 3. The van der Waals surface area contributed by atoms with Crippen LogP contribution in [0.2, 0.25) is 0 Å². The van der Waals surface area contributed by atoms with E-state index in [1.807, 2.05) is 95.7 Å². The first-order chi connectivity index (χ1) is 45.3. The number of aliphatic hydroxyl groups is 1. The number of aliphatic hydroxyl groups excluding tert-OH is 1. The number of nitrogens with zero attached hydrogens (tertiary/aromatic N) is 5. The fourth-order valence-corrected chi connectivity index (χ4v) is 10.5. The van der Waals surface area contributed by atoms with E-state index in [0.29, 0.717) is 64.0 Å². The number of nitriles is 1. The van der Waals surface area contributed by atoms with Gasteiger partial charge in [0, 0.05) is 58.1 Å². The summed E-state index contributed by atoms with van der Waals surface area (Å²) in [5.74, 6) is 5.05. The Labute approximate surface area is 556 Å². The topological polar surface area (TPSA) is 327 Å². The van der Waals surface area contributed by atoms with Crippen LogP contribution in [0.1, 0.15) is 149 Å². The molecule has 0 atom stereocenters. The zero-order chi connectivity index (χ0) is 68.0. The Morgan fingerprint density at radius 1 is 0.543 bits per heavy atom. The maximum absolute atomic E-state index is 13.1. The van der Waals surface area contributed by atoms with E-state index >= 15 is 0 Å². The SMILES string of the molecule is CCO.CCOc1nn(-c2cc(C(=O)NC3CC3)ccc2C)c(N)c1C(=O)c1ccccc1.CCOc1nn(-c2cc(C(=O)NC3CC3)ccc2C)c(N)c1C(=O)c1ccccc1.CSC(SC)=C(C#N)C(=O)c1ccccc1.Cc1ccc(C(=O)NC2CC2)cc1NN. The molecule has 3 fully saturated rings. The van der Waals surface area contributed by atoms with Crippen LogP contribution in [-0.4, -0.2) is 110 Å². The van der Waals surface area contributed by atoms with Crippen LogP contribution in [0.3, 0.4) is 0 Å². The minimum Gasteiger partial charge on any atom is -0.476 e. The van der Waals surface area contributed by atoms with Crippen molar-refractivity contribution in [2.45, 2.75) is 98.2 Å². The second-order valence-electron chi connectivity index (χ2n) is 21.8. The number of allylic oxidation sites excluding steroid dienone is 1. The second-order valence-corrected chi connectivity index (χ2v) is 23.7. The van der Waals surface area contributed by atoms with E-state index in [4.69, 9.17) is 37.2 Å². The average Bonchev–Trinajstić information content (AvgIpc) is 1.62. The Morgan fingerprint density at radius 2 is 0.883 bits per heavy atom. The summed E-state index contributed by atoms with van der Waals surface area (Å²) in [5.41, 5.74) is 24.1. The standard InChI is InChI=1S/2C23H24N4O3.C12H11NOS2.C11H15N3O.C2H6O/c2*1-3-30-23-19(20(28)15-7-5-4-6-8-15)21(24)27(26-23)18-13-16(10-9-14(18)2)22(29)25-17-11-12-17;1-15-12(16-2)10(8-13)11(14)9-6-4-3-5-7-9;1-7-2-3-8(6-10(7)14-12)11(15)13-9-4-5-9;1-2-3/h2*4-10,13,17H,3,11-12,24H2,1-2H3,(H,25,29);3-7H,1-2H3;2-3,6,9,14H,4-5,12H2,1H3,(H,13,15);3H,2H2,1H3. The third-order valence-electron chi connectivity index (χ3n) is 14.6. The smallest absolute Gasteiger partial charge is 0.251 e. The van der Waals surface area contributed by atoms with Gasteiger partial charge in [-0.2, -0.15) is 5.26 Å². The summed E-state index contributed by atoms with van der Waals surface area (Å²) >= 11 is 2.85. The first kappa shape index (κ1) is 71.5. The first-order valence-corrected chi connectivity index (χ1v) is 33.2. The van der Waals surface area contributed by atoms with Gasteiger partial charge in [0.25, 0.3) is 17.7 Å². The molecule has 0 saturated heterocycles. The summed E-state index contributed by atoms with van der Waals surface area (Å²) in [5, 5.41) is 34.4. The molecule has 3 amide bonds. The number of nitrogens with two attached hydrogens (primary N) is 3. The molecule has 0 aliphatic heterocycles. The van der Waals surface area contributed by atoms with Crippen molar-refractivity contribution >= 4 is 75.9 Å². The van der Waals surface area contributed by atoms with Crippen LogP contribution in [0, 0.1) is 32.1 Å². The van der Waals surface area contributed by atoms with Crippen LogP contribution >= 0.6 is 23.5 Å². The number of hydrogen-bond acceptors (Lipinski definition) is 18. The highest BCUT2D eigenvalue weighted by Gasteiger charge is 2.30. The van der Waals surface area contributed by atoms with Crippen LogP contribution in [0.4, 0.5) is 17.3 Å². The highest BCUT2D eigenvalue weighted by molar-refractivity contribution is 8.21. The number of carbonyl (C=O) groups excluding carboxylic acids is 6. The Balaban J connectivity index is 0.000000183. The molecule has 6 aromatic carbocycles. The molecule has 11 N–H and O–H groups in total. The Kier molecular flexibility index (Phi) is 26.3. The number of hydrogen-bond donors (Lipinski definition) is 8. The number of thioether (sulfide) groups is 2. The second kappa shape index (κ2) is 34.6. The maximum atomic E-state index is 13.1. The van der Waals surface area contributed by atoms with Gasteiger partial charge >= 0.3 is 0 Å². The predicted octanol–water partition coefficient (Wildman–Crippen LogP) is 11.1. The molecule has 21 nitrogen and oxygen atoms in total. The number of ether oxygens (including phenoxy) is 2. The summed E-state index contributed by atoms with van der Waals surface area (Å²) in [6.07, 6.45) is 9.97. The van der Waals surface area contributed by atoms with E-state index in [0.717, 1.165) is 65.1 Å². The van der Waals surface area contributed by atoms with Crippen molar-refractivity contribution in [2.24, 2.45) is 5.84 Å². The first-order valence-electron chi connectivity index (χ1n) is 30.7. The van der Waals surface area contributed by atoms with Crippen LogP contribution in [0.25, 0.3) is 11.4 Å². The van der Waals surface area contributed by atoms with Crippen molar-refractivity contribution in [3.63, 3.8) is 0 Å². The molecule has 490 valence electrons. The van der Waals surface area contributed by atoms with Crippen molar-refractivity contribution in [2.75, 3.05) is 49.2 Å². The fraction of sp³-hybridized carbons (Fsp3) is 0.282. The monoisotopic (exact) mass is 1310 g/mol. The Bertz CT molecular complexity index is 3860. The maximum Gasteiger partial charge on any atom is 0.251 e. The molecule has 11 rings (SSSR count). The van der Waals surface area contributed by atoms with Crippen molar-refractivity contribution in [3.8, 4) is 29.2 Å². The van der Waals surface area contributed by atoms with E-state index in [1.54, 1.807) is 110 Å². The summed E-state index contributed by atoms with van der Waals surface area (Å²) in [7, 11) is 0. The van der Waals surface area contributed by atoms with Gasteiger partial charge in [-0.3, -0.25) is 34.6 Å². The molecule has 0 spiro atoms. The van der Waals surface area contributed by atoms with Gasteiger partial charge in [0.05, 0.1) is 34.5 Å². The lowest BCUT2D eigenvalue weighted by Crippen LogP contribution is -2.25. The normalized spacial score (nSPS) is 12.5. The lowest BCUT2D eigenvalue weighted by Gasteiger charge is -2.11. The van der Waals surface area contributed by atoms with E-state index in [-0.39, 0.29) is 93.9 Å². The number of amides is 3. The Hall–Kier alpha value is -9.99. The van der Waals surface area contributed by atoms with Crippen LogP contribution < -0.4 is 48.2 Å². The number of rotatable bonds is 21. The number of nitrogen functional groups attached to an aromatic ring is 3. The number of anilines is 3. The van der Waals surface area contributed by atoms with E-state index in [2.05, 4.69) is 31.6 Å². The molecule has 2 aromatic heterocycles. The van der Waals surface area contributed by atoms with Crippen molar-refractivity contribution in [3.05, 3.63) is 217 Å². The number of carbonyl (C=O) groups is 6. The van der Waals surface area contributed by atoms with Crippen LogP contribution in [-0.2, 0) is 0 Å². The molecule has 0 unspecified atom stereocenters. The molecule has 0 radical (unpaired) electrons. The van der Waals surface area contributed by atoms with Gasteiger partial charge in [0.2, 0.25) is 29.1 Å². The minimum atomic E-state index is -0.261. The van der Waals surface area contributed by atoms with Gasteiger partial charge in [-0.1, -0.05) is 109 Å². The van der Waals surface area contributed by atoms with Crippen molar-refractivity contribution < 1.29 is 43.3 Å². The van der Waals surface area contributed by atoms with Crippen LogP contribution in [0.15, 0.2) is 155 Å². The predicted molar refractivity (Wildman–Crippen MR) is 371 cm³/mol. The number of benzene rings is 6. The van der Waals surface area contributed by atoms with E-state index in [9.17, 15) is 28.8 Å². The number of aromatic nitrogens is 4. The van der Waals surface area contributed by atoms with Crippen molar-refractivity contribution in [1.82, 2.24) is 35.5 Å². The zero-order valence-electron chi connectivity index (χ0n) is 54.0.